The molecule has 1 saturated heterocycles. The number of hydrogen-bond donors (Lipinski definition) is 0. The molecule has 1 aliphatic carbocycles. The van der Waals surface area contributed by atoms with Gasteiger partial charge in [0.2, 0.25) is 0 Å². The van der Waals surface area contributed by atoms with Gasteiger partial charge in [0.25, 0.3) is 11.8 Å². The second kappa shape index (κ2) is 6.13. The van der Waals surface area contributed by atoms with E-state index in [1.54, 1.807) is 31.2 Å². The molecular formula is C20H21NO7. The summed E-state index contributed by atoms with van der Waals surface area (Å²) in [5.41, 5.74) is -2.44. The van der Waals surface area contributed by atoms with E-state index in [4.69, 9.17) is 14.2 Å². The van der Waals surface area contributed by atoms with E-state index in [-0.39, 0.29) is 23.5 Å². The highest BCUT2D eigenvalue weighted by Gasteiger charge is 2.73. The number of carbonyl (C=O) groups is 4. The van der Waals surface area contributed by atoms with Crippen LogP contribution in [0.25, 0.3) is 0 Å². The van der Waals surface area contributed by atoms with Crippen LogP contribution >= 0.6 is 0 Å². The Balaban J connectivity index is 1.78. The van der Waals surface area contributed by atoms with Crippen LogP contribution in [0.2, 0.25) is 0 Å². The number of esters is 2. The maximum absolute atomic E-state index is 12.9. The number of imide groups is 1. The van der Waals surface area contributed by atoms with E-state index in [2.05, 4.69) is 0 Å². The van der Waals surface area contributed by atoms with Crippen LogP contribution in [0.5, 0.6) is 0 Å². The second-order valence-corrected chi connectivity index (χ2v) is 7.57. The predicted molar refractivity (Wildman–Crippen MR) is 94.0 cm³/mol. The fourth-order valence-corrected chi connectivity index (χ4v) is 4.59. The zero-order valence-electron chi connectivity index (χ0n) is 15.9. The van der Waals surface area contributed by atoms with Crippen molar-refractivity contribution in [1.82, 2.24) is 4.90 Å². The quantitative estimate of drug-likeness (QED) is 0.439. The molecule has 28 heavy (non-hydrogen) atoms. The Morgan fingerprint density at radius 3 is 1.96 bits per heavy atom. The molecule has 0 bridgehead atoms. The van der Waals surface area contributed by atoms with E-state index in [0.29, 0.717) is 0 Å². The molecule has 148 valence electrons. The third kappa shape index (κ3) is 2.21. The average Bonchev–Trinajstić information content (AvgIpc) is 3.47. The van der Waals surface area contributed by atoms with Crippen LogP contribution in [0.15, 0.2) is 24.3 Å². The zero-order valence-corrected chi connectivity index (χ0v) is 15.9. The first-order chi connectivity index (χ1) is 13.3. The van der Waals surface area contributed by atoms with Gasteiger partial charge in [-0.25, -0.2) is 4.90 Å². The molecule has 3 aliphatic rings. The van der Waals surface area contributed by atoms with Gasteiger partial charge in [-0.05, 0) is 37.8 Å². The number of methoxy groups -OCH3 is 2. The molecule has 1 aromatic rings. The van der Waals surface area contributed by atoms with Crippen LogP contribution < -0.4 is 0 Å². The SMILES string of the molecule is COC(=O)C1(C(=O)OC)C[C@H](N2C(=O)c3ccccc3C2=O)O[C@]1(C)C1CC1. The predicted octanol–water partition coefficient (Wildman–Crippen LogP) is 1.53. The summed E-state index contributed by atoms with van der Waals surface area (Å²) in [6.07, 6.45) is 0.253. The van der Waals surface area contributed by atoms with Crippen molar-refractivity contribution < 1.29 is 33.4 Å². The maximum Gasteiger partial charge on any atom is 0.326 e. The molecular weight excluding hydrogens is 366 g/mol. The molecule has 8 heteroatoms. The van der Waals surface area contributed by atoms with Gasteiger partial charge in [-0.1, -0.05) is 12.1 Å². The van der Waals surface area contributed by atoms with Crippen LogP contribution in [-0.4, -0.2) is 54.7 Å². The largest absolute Gasteiger partial charge is 0.468 e. The van der Waals surface area contributed by atoms with Gasteiger partial charge in [0.1, 0.15) is 6.23 Å². The summed E-state index contributed by atoms with van der Waals surface area (Å²) in [4.78, 5) is 52.4. The van der Waals surface area contributed by atoms with Gasteiger partial charge < -0.3 is 14.2 Å². The van der Waals surface area contributed by atoms with Gasteiger partial charge in [0, 0.05) is 6.42 Å². The summed E-state index contributed by atoms with van der Waals surface area (Å²) in [5.74, 6) is -2.66. The van der Waals surface area contributed by atoms with Crippen molar-refractivity contribution in [2.24, 2.45) is 11.3 Å². The summed E-state index contributed by atoms with van der Waals surface area (Å²) >= 11 is 0. The molecule has 0 N–H and O–H groups in total. The first-order valence-electron chi connectivity index (χ1n) is 9.13. The lowest BCUT2D eigenvalue weighted by Gasteiger charge is -2.37. The minimum absolute atomic E-state index is 0.0779. The lowest BCUT2D eigenvalue weighted by Crippen LogP contribution is -2.55. The van der Waals surface area contributed by atoms with E-state index < -0.39 is 41.0 Å². The number of benzene rings is 1. The molecule has 2 amide bonds. The molecule has 4 rings (SSSR count). The number of rotatable bonds is 4. The van der Waals surface area contributed by atoms with E-state index in [1.807, 2.05) is 0 Å². The van der Waals surface area contributed by atoms with Crippen LogP contribution in [0, 0.1) is 11.3 Å². The molecule has 1 aromatic carbocycles. The number of carbonyl (C=O) groups excluding carboxylic acids is 4. The van der Waals surface area contributed by atoms with Gasteiger partial charge in [-0.15, -0.1) is 0 Å². The minimum Gasteiger partial charge on any atom is -0.468 e. The van der Waals surface area contributed by atoms with Crippen LogP contribution in [0.4, 0.5) is 0 Å². The first kappa shape index (κ1) is 18.6. The zero-order chi connectivity index (χ0) is 20.3. The van der Waals surface area contributed by atoms with Gasteiger partial charge >= 0.3 is 11.9 Å². The summed E-state index contributed by atoms with van der Waals surface area (Å²) in [7, 11) is 2.38. The molecule has 8 nitrogen and oxygen atoms in total. The smallest absolute Gasteiger partial charge is 0.326 e. The molecule has 2 aliphatic heterocycles. The van der Waals surface area contributed by atoms with E-state index in [0.717, 1.165) is 17.7 Å². The van der Waals surface area contributed by atoms with Crippen molar-refractivity contribution >= 4 is 23.8 Å². The number of ether oxygens (including phenoxy) is 3. The van der Waals surface area contributed by atoms with E-state index in [9.17, 15) is 19.2 Å². The molecule has 2 heterocycles. The van der Waals surface area contributed by atoms with Crippen molar-refractivity contribution in [1.29, 1.82) is 0 Å². The van der Waals surface area contributed by atoms with Gasteiger partial charge in [0.05, 0.1) is 30.9 Å². The van der Waals surface area contributed by atoms with Crippen LogP contribution in [0.3, 0.4) is 0 Å². The highest BCUT2D eigenvalue weighted by atomic mass is 16.6. The van der Waals surface area contributed by atoms with Crippen LogP contribution in [-0.2, 0) is 23.8 Å². The van der Waals surface area contributed by atoms with Gasteiger partial charge in [-0.2, -0.15) is 0 Å². The highest BCUT2D eigenvalue weighted by Crippen LogP contribution is 2.59. The molecule has 1 saturated carbocycles. The summed E-state index contributed by atoms with van der Waals surface area (Å²) in [5, 5.41) is 0. The summed E-state index contributed by atoms with van der Waals surface area (Å²) in [6.45, 7) is 1.66. The number of nitrogens with zero attached hydrogens (tertiary/aromatic N) is 1. The maximum atomic E-state index is 12.9. The Bertz CT molecular complexity index is 839. The number of amides is 2. The lowest BCUT2D eigenvalue weighted by atomic mass is 9.69. The highest BCUT2D eigenvalue weighted by molar-refractivity contribution is 6.21. The van der Waals surface area contributed by atoms with Crippen LogP contribution in [0.1, 0.15) is 46.9 Å². The molecule has 2 atom stereocenters. The minimum atomic E-state index is -1.75. The Kier molecular flexibility index (Phi) is 4.08. The lowest BCUT2D eigenvalue weighted by molar-refractivity contribution is -0.186. The fraction of sp³-hybridized carbons (Fsp3) is 0.500. The topological polar surface area (TPSA) is 99.2 Å². The third-order valence-electron chi connectivity index (χ3n) is 6.25. The average molecular weight is 387 g/mol. The van der Waals surface area contributed by atoms with Crippen molar-refractivity contribution in [3.8, 4) is 0 Å². The third-order valence-corrected chi connectivity index (χ3v) is 6.25. The number of fused-ring (bicyclic) bond motifs is 1. The van der Waals surface area contributed by atoms with E-state index in [1.165, 1.54) is 14.2 Å². The first-order valence-corrected chi connectivity index (χ1v) is 9.13. The Hall–Kier alpha value is -2.74. The number of hydrogen-bond acceptors (Lipinski definition) is 7. The monoisotopic (exact) mass is 387 g/mol. The Morgan fingerprint density at radius 2 is 1.54 bits per heavy atom. The fourth-order valence-electron chi connectivity index (χ4n) is 4.59. The van der Waals surface area contributed by atoms with Crippen molar-refractivity contribution in [2.75, 3.05) is 14.2 Å². The molecule has 0 spiro atoms. The molecule has 2 fully saturated rings. The van der Waals surface area contributed by atoms with E-state index >= 15 is 0 Å². The molecule has 0 unspecified atom stereocenters. The summed E-state index contributed by atoms with van der Waals surface area (Å²) in [6, 6.07) is 6.48. The van der Waals surface area contributed by atoms with Gasteiger partial charge in [-0.3, -0.25) is 19.2 Å². The Labute approximate surface area is 161 Å². The van der Waals surface area contributed by atoms with Crippen molar-refractivity contribution in [2.45, 2.75) is 38.0 Å². The van der Waals surface area contributed by atoms with Crippen molar-refractivity contribution in [3.05, 3.63) is 35.4 Å². The Morgan fingerprint density at radius 1 is 1.04 bits per heavy atom. The molecule has 0 aromatic heterocycles. The standard InChI is InChI=1S/C20H21NO7/c1-19(11-8-9-11)20(17(24)26-2,18(25)27-3)10-14(28-19)21-15(22)12-6-4-5-7-13(12)16(21)23/h4-7,11,14H,8-10H2,1-3H3/t14-,19-/m1/s1. The molecule has 0 radical (unpaired) electrons. The second-order valence-electron chi connectivity index (χ2n) is 7.57. The normalized spacial score (nSPS) is 28.2. The van der Waals surface area contributed by atoms with Gasteiger partial charge in [0.15, 0.2) is 5.41 Å². The summed E-state index contributed by atoms with van der Waals surface area (Å²) < 4.78 is 16.1. The van der Waals surface area contributed by atoms with Crippen molar-refractivity contribution in [3.63, 3.8) is 0 Å².